The second-order valence-electron chi connectivity index (χ2n) is 7.80. The molecule has 0 unspecified atom stereocenters. The lowest BCUT2D eigenvalue weighted by Crippen LogP contribution is -2.48. The van der Waals surface area contributed by atoms with Crippen LogP contribution in [-0.2, 0) is 16.1 Å². The molecular formula is C24H31NO3. The second-order valence-corrected chi connectivity index (χ2v) is 7.80. The quantitative estimate of drug-likeness (QED) is 0.649. The van der Waals surface area contributed by atoms with Crippen LogP contribution in [0.25, 0.3) is 0 Å². The van der Waals surface area contributed by atoms with Crippen molar-refractivity contribution in [3.63, 3.8) is 0 Å². The topological polar surface area (TPSA) is 47.6 Å². The number of anilines is 1. The van der Waals surface area contributed by atoms with Gasteiger partial charge in [0, 0.05) is 12.3 Å². The minimum absolute atomic E-state index is 0.0227. The summed E-state index contributed by atoms with van der Waals surface area (Å²) < 4.78 is 11.9. The molecule has 0 bridgehead atoms. The number of hydrogen-bond donors (Lipinski definition) is 1. The van der Waals surface area contributed by atoms with Gasteiger partial charge in [-0.15, -0.1) is 0 Å². The van der Waals surface area contributed by atoms with Crippen LogP contribution >= 0.6 is 0 Å². The van der Waals surface area contributed by atoms with Crippen molar-refractivity contribution in [2.75, 3.05) is 11.9 Å². The minimum atomic E-state index is -0.698. The van der Waals surface area contributed by atoms with Crippen LogP contribution in [0.1, 0.15) is 51.5 Å². The predicted octanol–water partition coefficient (Wildman–Crippen LogP) is 5.58. The van der Waals surface area contributed by atoms with Gasteiger partial charge in [-0.05, 0) is 61.4 Å². The Kier molecular flexibility index (Phi) is 7.10. The van der Waals surface area contributed by atoms with Crippen molar-refractivity contribution in [2.45, 2.75) is 58.2 Å². The van der Waals surface area contributed by atoms with Crippen molar-refractivity contribution in [2.24, 2.45) is 5.92 Å². The molecule has 2 aromatic carbocycles. The van der Waals surface area contributed by atoms with Crippen LogP contribution < -0.4 is 10.1 Å². The van der Waals surface area contributed by atoms with E-state index in [2.05, 4.69) is 19.2 Å². The van der Waals surface area contributed by atoms with Crippen molar-refractivity contribution in [1.82, 2.24) is 0 Å². The number of benzene rings is 2. The summed E-state index contributed by atoms with van der Waals surface area (Å²) in [5.74, 6) is 1.26. The highest BCUT2D eigenvalue weighted by molar-refractivity contribution is 5.97. The van der Waals surface area contributed by atoms with E-state index in [1.807, 2.05) is 54.6 Å². The summed E-state index contributed by atoms with van der Waals surface area (Å²) in [7, 11) is 0. The third-order valence-corrected chi connectivity index (χ3v) is 5.31. The zero-order valence-electron chi connectivity index (χ0n) is 16.9. The molecule has 1 N–H and O–H groups in total. The molecule has 0 saturated heterocycles. The van der Waals surface area contributed by atoms with E-state index in [0.717, 1.165) is 49.1 Å². The Bertz CT molecular complexity index is 744. The number of ether oxygens (including phenoxy) is 2. The maximum Gasteiger partial charge on any atom is 0.256 e. The monoisotopic (exact) mass is 381 g/mol. The molecule has 0 aliphatic heterocycles. The Morgan fingerprint density at radius 2 is 1.89 bits per heavy atom. The molecule has 1 fully saturated rings. The summed E-state index contributed by atoms with van der Waals surface area (Å²) >= 11 is 0. The second kappa shape index (κ2) is 9.74. The average molecular weight is 382 g/mol. The molecule has 150 valence electrons. The third-order valence-electron chi connectivity index (χ3n) is 5.31. The lowest BCUT2D eigenvalue weighted by Gasteiger charge is -2.38. The maximum absolute atomic E-state index is 13.1. The highest BCUT2D eigenvalue weighted by Gasteiger charge is 2.42. The molecule has 1 amide bonds. The molecular weight excluding hydrogens is 350 g/mol. The summed E-state index contributed by atoms with van der Waals surface area (Å²) in [5, 5.41) is 3.06. The molecule has 1 aliphatic carbocycles. The fourth-order valence-corrected chi connectivity index (χ4v) is 3.82. The number of rotatable bonds is 8. The van der Waals surface area contributed by atoms with E-state index in [0.29, 0.717) is 19.1 Å². The molecule has 0 radical (unpaired) electrons. The number of amides is 1. The van der Waals surface area contributed by atoms with Crippen molar-refractivity contribution in [3.8, 4) is 5.75 Å². The Hall–Kier alpha value is -2.33. The van der Waals surface area contributed by atoms with Gasteiger partial charge in [-0.1, -0.05) is 50.6 Å². The fourth-order valence-electron chi connectivity index (χ4n) is 3.82. The number of nitrogens with one attached hydrogen (secondary N) is 1. The minimum Gasteiger partial charge on any atom is -0.489 e. The third kappa shape index (κ3) is 5.35. The van der Waals surface area contributed by atoms with Crippen molar-refractivity contribution < 1.29 is 14.3 Å². The Labute approximate surface area is 168 Å². The van der Waals surface area contributed by atoms with Crippen LogP contribution in [0, 0.1) is 5.92 Å². The standard InChI is InChI=1S/C24H31NO3/c1-3-16-28-24(15-7-8-19(2)17-24)23(26)25-21-11-13-22(14-12-21)27-18-20-9-5-4-6-10-20/h4-6,9-14,19H,3,7-8,15-18H2,1-2H3,(H,25,26)/t19-,24+/m1/s1. The van der Waals surface area contributed by atoms with Crippen LogP contribution in [0.5, 0.6) is 5.75 Å². The van der Waals surface area contributed by atoms with Gasteiger partial charge in [-0.3, -0.25) is 4.79 Å². The van der Waals surface area contributed by atoms with Crippen molar-refractivity contribution in [1.29, 1.82) is 0 Å². The van der Waals surface area contributed by atoms with Crippen LogP contribution in [0.3, 0.4) is 0 Å². The van der Waals surface area contributed by atoms with Crippen LogP contribution in [0.4, 0.5) is 5.69 Å². The Balaban J connectivity index is 1.60. The van der Waals surface area contributed by atoms with Gasteiger partial charge in [0.2, 0.25) is 0 Å². The predicted molar refractivity (Wildman–Crippen MR) is 112 cm³/mol. The molecule has 1 aliphatic rings. The summed E-state index contributed by atoms with van der Waals surface area (Å²) in [6, 6.07) is 17.6. The maximum atomic E-state index is 13.1. The van der Waals surface area contributed by atoms with Gasteiger partial charge >= 0.3 is 0 Å². The Morgan fingerprint density at radius 3 is 2.57 bits per heavy atom. The molecule has 0 spiro atoms. The zero-order valence-corrected chi connectivity index (χ0v) is 16.9. The van der Waals surface area contributed by atoms with E-state index in [1.54, 1.807) is 0 Å². The highest BCUT2D eigenvalue weighted by Crippen LogP contribution is 2.36. The molecule has 0 heterocycles. The molecule has 1 saturated carbocycles. The summed E-state index contributed by atoms with van der Waals surface area (Å²) in [4.78, 5) is 13.1. The van der Waals surface area contributed by atoms with Gasteiger partial charge in [0.25, 0.3) is 5.91 Å². The molecule has 0 aromatic heterocycles. The van der Waals surface area contributed by atoms with E-state index < -0.39 is 5.60 Å². The molecule has 2 atom stereocenters. The van der Waals surface area contributed by atoms with Gasteiger partial charge in [0.1, 0.15) is 18.0 Å². The molecule has 3 rings (SSSR count). The van der Waals surface area contributed by atoms with Crippen LogP contribution in [-0.4, -0.2) is 18.1 Å². The largest absolute Gasteiger partial charge is 0.489 e. The SMILES string of the molecule is CCCO[C@@]1(C(=O)Nc2ccc(OCc3ccccc3)cc2)CCC[C@@H](C)C1. The van der Waals surface area contributed by atoms with Gasteiger partial charge in [-0.25, -0.2) is 0 Å². The number of hydrogen-bond acceptors (Lipinski definition) is 3. The number of carbonyl (C=O) groups is 1. The van der Waals surface area contributed by atoms with Gasteiger partial charge in [0.15, 0.2) is 0 Å². The Morgan fingerprint density at radius 1 is 1.14 bits per heavy atom. The van der Waals surface area contributed by atoms with E-state index in [4.69, 9.17) is 9.47 Å². The molecule has 4 heteroatoms. The average Bonchev–Trinajstić information content (AvgIpc) is 2.72. The molecule has 4 nitrogen and oxygen atoms in total. The first-order valence-corrected chi connectivity index (χ1v) is 10.3. The lowest BCUT2D eigenvalue weighted by atomic mass is 9.78. The van der Waals surface area contributed by atoms with E-state index >= 15 is 0 Å². The summed E-state index contributed by atoms with van der Waals surface area (Å²) in [6.45, 7) is 5.42. The number of carbonyl (C=O) groups excluding carboxylic acids is 1. The van der Waals surface area contributed by atoms with E-state index in [1.165, 1.54) is 0 Å². The van der Waals surface area contributed by atoms with Gasteiger partial charge in [0.05, 0.1) is 0 Å². The normalized spacial score (nSPS) is 21.9. The van der Waals surface area contributed by atoms with Gasteiger partial charge < -0.3 is 14.8 Å². The smallest absolute Gasteiger partial charge is 0.256 e. The van der Waals surface area contributed by atoms with Gasteiger partial charge in [-0.2, -0.15) is 0 Å². The first-order chi connectivity index (χ1) is 13.6. The van der Waals surface area contributed by atoms with Crippen molar-refractivity contribution >= 4 is 11.6 Å². The molecule has 2 aromatic rings. The first kappa shape index (κ1) is 20.4. The van der Waals surface area contributed by atoms with Crippen molar-refractivity contribution in [3.05, 3.63) is 60.2 Å². The molecule has 28 heavy (non-hydrogen) atoms. The van der Waals surface area contributed by atoms with Crippen LogP contribution in [0.15, 0.2) is 54.6 Å². The summed E-state index contributed by atoms with van der Waals surface area (Å²) in [5.41, 5.74) is 1.20. The lowest BCUT2D eigenvalue weighted by molar-refractivity contribution is -0.148. The fraction of sp³-hybridized carbons (Fsp3) is 0.458. The van der Waals surface area contributed by atoms with Crippen LogP contribution in [0.2, 0.25) is 0 Å². The van der Waals surface area contributed by atoms with E-state index in [-0.39, 0.29) is 5.91 Å². The van der Waals surface area contributed by atoms with E-state index in [9.17, 15) is 4.79 Å². The summed E-state index contributed by atoms with van der Waals surface area (Å²) in [6.07, 6.45) is 4.69. The first-order valence-electron chi connectivity index (χ1n) is 10.3. The highest BCUT2D eigenvalue weighted by atomic mass is 16.5. The zero-order chi connectivity index (χ0) is 19.8.